The largest absolute Gasteiger partial charge is 0.454 e. The van der Waals surface area contributed by atoms with Crippen molar-refractivity contribution in [2.45, 2.75) is 13.3 Å². The van der Waals surface area contributed by atoms with Gasteiger partial charge in [-0.25, -0.2) is 0 Å². The molecule has 0 radical (unpaired) electrons. The van der Waals surface area contributed by atoms with Crippen molar-refractivity contribution in [2.24, 2.45) is 0 Å². The topological polar surface area (TPSA) is 84.5 Å². The monoisotopic (exact) mass is 390 g/mol. The molecule has 0 saturated heterocycles. The van der Waals surface area contributed by atoms with Crippen LogP contribution in [0.15, 0.2) is 66.7 Å². The molecule has 6 nitrogen and oxygen atoms in total. The van der Waals surface area contributed by atoms with E-state index >= 15 is 0 Å². The number of amides is 2. The van der Waals surface area contributed by atoms with Gasteiger partial charge in [0.15, 0.2) is 6.61 Å². The summed E-state index contributed by atoms with van der Waals surface area (Å²) < 4.78 is 4.94. The lowest BCUT2D eigenvalue weighted by atomic mass is 10.1. The number of fused-ring (bicyclic) bond motifs is 1. The summed E-state index contributed by atoms with van der Waals surface area (Å²) in [6.45, 7) is 1.26. The number of aryl methyl sites for hydroxylation is 1. The molecule has 2 N–H and O–H groups in total. The first-order chi connectivity index (χ1) is 14.1. The number of ether oxygens (including phenoxy) is 1. The van der Waals surface area contributed by atoms with Crippen LogP contribution in [-0.2, 0) is 20.7 Å². The summed E-state index contributed by atoms with van der Waals surface area (Å²) in [6.07, 6.45) is 0.775. The number of carbonyl (C=O) groups is 3. The molecular formula is C23H22N2O4. The van der Waals surface area contributed by atoms with Gasteiger partial charge in [0.25, 0.3) is 11.8 Å². The zero-order valence-electron chi connectivity index (χ0n) is 16.1. The Labute approximate surface area is 168 Å². The summed E-state index contributed by atoms with van der Waals surface area (Å²) >= 11 is 0. The Morgan fingerprint density at radius 1 is 0.897 bits per heavy atom. The van der Waals surface area contributed by atoms with E-state index < -0.39 is 18.5 Å². The van der Waals surface area contributed by atoms with E-state index in [2.05, 4.69) is 10.6 Å². The van der Waals surface area contributed by atoms with Gasteiger partial charge in [0, 0.05) is 11.3 Å². The lowest BCUT2D eigenvalue weighted by molar-refractivity contribution is -0.146. The van der Waals surface area contributed by atoms with Crippen LogP contribution in [0.4, 0.5) is 5.69 Å². The predicted octanol–water partition coefficient (Wildman–Crippen LogP) is 3.31. The third-order valence-electron chi connectivity index (χ3n) is 4.44. The van der Waals surface area contributed by atoms with E-state index in [1.807, 2.05) is 55.5 Å². The second-order valence-electron chi connectivity index (χ2n) is 6.46. The molecule has 0 heterocycles. The van der Waals surface area contributed by atoms with E-state index in [1.165, 1.54) is 0 Å². The zero-order chi connectivity index (χ0) is 20.6. The van der Waals surface area contributed by atoms with Crippen LogP contribution in [0.2, 0.25) is 0 Å². The quantitative estimate of drug-likeness (QED) is 0.606. The molecule has 148 valence electrons. The fraction of sp³-hybridized carbons (Fsp3) is 0.174. The van der Waals surface area contributed by atoms with Gasteiger partial charge < -0.3 is 15.4 Å². The lowest BCUT2D eigenvalue weighted by Crippen LogP contribution is -2.32. The van der Waals surface area contributed by atoms with E-state index in [9.17, 15) is 14.4 Å². The summed E-state index contributed by atoms with van der Waals surface area (Å²) in [5.74, 6) is -1.49. The minimum absolute atomic E-state index is 0.315. The van der Waals surface area contributed by atoms with E-state index in [1.54, 1.807) is 18.2 Å². The van der Waals surface area contributed by atoms with Gasteiger partial charge in [-0.15, -0.1) is 0 Å². The van der Waals surface area contributed by atoms with Gasteiger partial charge in [-0.2, -0.15) is 0 Å². The van der Waals surface area contributed by atoms with Crippen LogP contribution in [0, 0.1) is 0 Å². The molecule has 0 bridgehead atoms. The molecule has 3 aromatic rings. The maximum atomic E-state index is 12.2. The number of nitrogens with one attached hydrogen (secondary N) is 2. The van der Waals surface area contributed by atoms with Gasteiger partial charge in [0.1, 0.15) is 6.54 Å². The number of hydrogen-bond donors (Lipinski definition) is 2. The van der Waals surface area contributed by atoms with Gasteiger partial charge in [0.05, 0.1) is 0 Å². The van der Waals surface area contributed by atoms with Gasteiger partial charge in [-0.3, -0.25) is 14.4 Å². The second kappa shape index (κ2) is 9.50. The average Bonchev–Trinajstić information content (AvgIpc) is 2.76. The first kappa shape index (κ1) is 20.1. The first-order valence-corrected chi connectivity index (χ1v) is 9.37. The minimum Gasteiger partial charge on any atom is -0.454 e. The summed E-state index contributed by atoms with van der Waals surface area (Å²) in [5.41, 5.74) is 2.14. The van der Waals surface area contributed by atoms with Crippen molar-refractivity contribution >= 4 is 34.2 Å². The Morgan fingerprint density at radius 2 is 1.62 bits per heavy atom. The molecule has 0 unspecified atom stereocenters. The second-order valence-corrected chi connectivity index (χ2v) is 6.46. The van der Waals surface area contributed by atoms with Gasteiger partial charge in [-0.1, -0.05) is 55.5 Å². The smallest absolute Gasteiger partial charge is 0.325 e. The summed E-state index contributed by atoms with van der Waals surface area (Å²) in [4.78, 5) is 36.1. The highest BCUT2D eigenvalue weighted by molar-refractivity contribution is 6.00. The number of hydrogen-bond acceptors (Lipinski definition) is 4. The average molecular weight is 390 g/mol. The molecule has 0 aliphatic carbocycles. The first-order valence-electron chi connectivity index (χ1n) is 9.37. The van der Waals surface area contributed by atoms with Crippen LogP contribution in [0.1, 0.15) is 22.8 Å². The molecule has 0 atom stereocenters. The number of benzene rings is 3. The third kappa shape index (κ3) is 5.42. The zero-order valence-corrected chi connectivity index (χ0v) is 16.1. The van der Waals surface area contributed by atoms with Crippen molar-refractivity contribution in [3.63, 3.8) is 0 Å². The van der Waals surface area contributed by atoms with Crippen molar-refractivity contribution < 1.29 is 19.1 Å². The normalized spacial score (nSPS) is 10.4. The number of anilines is 1. The van der Waals surface area contributed by atoms with Crippen molar-refractivity contribution in [3.05, 3.63) is 77.9 Å². The van der Waals surface area contributed by atoms with Crippen LogP contribution in [0.5, 0.6) is 0 Å². The Balaban J connectivity index is 1.46. The highest BCUT2D eigenvalue weighted by Gasteiger charge is 2.12. The number of rotatable bonds is 7. The minimum atomic E-state index is -0.682. The third-order valence-corrected chi connectivity index (χ3v) is 4.44. The number of carbonyl (C=O) groups excluding carboxylic acids is 3. The molecule has 0 saturated carbocycles. The molecule has 0 aliphatic rings. The van der Waals surface area contributed by atoms with E-state index in [-0.39, 0.29) is 12.5 Å². The fourth-order valence-electron chi connectivity index (χ4n) is 2.92. The van der Waals surface area contributed by atoms with Gasteiger partial charge >= 0.3 is 5.97 Å². The van der Waals surface area contributed by atoms with Crippen LogP contribution >= 0.6 is 0 Å². The van der Waals surface area contributed by atoms with Crippen LogP contribution in [-0.4, -0.2) is 30.9 Å². The Kier molecular flexibility index (Phi) is 6.58. The van der Waals surface area contributed by atoms with Crippen LogP contribution < -0.4 is 10.6 Å². The summed E-state index contributed by atoms with van der Waals surface area (Å²) in [7, 11) is 0. The Hall–Kier alpha value is -3.67. The van der Waals surface area contributed by atoms with E-state index in [0.717, 1.165) is 22.8 Å². The van der Waals surface area contributed by atoms with Gasteiger partial charge in [0.2, 0.25) is 0 Å². The van der Waals surface area contributed by atoms with Crippen LogP contribution in [0.25, 0.3) is 10.8 Å². The molecule has 0 aliphatic heterocycles. The SMILES string of the molecule is CCc1ccccc1NC(=O)COC(=O)CNC(=O)c1ccc2ccccc2c1. The predicted molar refractivity (Wildman–Crippen MR) is 112 cm³/mol. The van der Waals surface area contributed by atoms with Crippen LogP contribution in [0.3, 0.4) is 0 Å². The molecule has 0 aromatic heterocycles. The molecule has 0 fully saturated rings. The van der Waals surface area contributed by atoms with Crippen molar-refractivity contribution in [3.8, 4) is 0 Å². The Morgan fingerprint density at radius 3 is 2.41 bits per heavy atom. The van der Waals surface area contributed by atoms with Crippen molar-refractivity contribution in [2.75, 3.05) is 18.5 Å². The maximum absolute atomic E-state index is 12.2. The molecular weight excluding hydrogens is 368 g/mol. The molecule has 29 heavy (non-hydrogen) atoms. The molecule has 3 aromatic carbocycles. The number of esters is 1. The number of para-hydroxylation sites is 1. The molecule has 6 heteroatoms. The molecule has 3 rings (SSSR count). The summed E-state index contributed by atoms with van der Waals surface area (Å²) in [5, 5.41) is 7.19. The van der Waals surface area contributed by atoms with E-state index in [4.69, 9.17) is 4.74 Å². The van der Waals surface area contributed by atoms with E-state index in [0.29, 0.717) is 11.3 Å². The van der Waals surface area contributed by atoms with Gasteiger partial charge in [-0.05, 0) is 41.0 Å². The standard InChI is InChI=1S/C23H22N2O4/c1-2-16-7-5-6-10-20(16)25-21(26)15-29-22(27)14-24-23(28)19-12-11-17-8-3-4-9-18(17)13-19/h3-13H,2,14-15H2,1H3,(H,24,28)(H,25,26). The Bertz CT molecular complexity index is 1050. The maximum Gasteiger partial charge on any atom is 0.325 e. The highest BCUT2D eigenvalue weighted by atomic mass is 16.5. The molecule has 2 amide bonds. The highest BCUT2D eigenvalue weighted by Crippen LogP contribution is 2.16. The van der Waals surface area contributed by atoms with Crippen molar-refractivity contribution in [1.29, 1.82) is 0 Å². The molecule has 0 spiro atoms. The summed E-state index contributed by atoms with van der Waals surface area (Å²) in [6, 6.07) is 20.4. The fourth-order valence-corrected chi connectivity index (χ4v) is 2.92. The van der Waals surface area contributed by atoms with Crippen molar-refractivity contribution in [1.82, 2.24) is 5.32 Å². The lowest BCUT2D eigenvalue weighted by Gasteiger charge is -2.10.